The molecule has 0 saturated heterocycles. The zero-order valence-corrected chi connectivity index (χ0v) is 8.73. The monoisotopic (exact) mass is 219 g/mol. The molecule has 0 unspecified atom stereocenters. The van der Waals surface area contributed by atoms with E-state index in [1.807, 2.05) is 18.2 Å². The molecule has 84 valence electrons. The number of H-pyrrole nitrogens is 1. The molecule has 16 heavy (non-hydrogen) atoms. The number of fused-ring (bicyclic) bond motifs is 1. The number of hydrogen-bond acceptors (Lipinski definition) is 4. The van der Waals surface area contributed by atoms with Crippen molar-refractivity contribution >= 4 is 16.6 Å². The lowest BCUT2D eigenvalue weighted by Gasteiger charge is -2.06. The first-order chi connectivity index (χ1) is 7.83. The maximum Gasteiger partial charge on any atom is 0.272 e. The number of aliphatic hydroxyl groups excluding tert-OH is 1. The first-order valence-electron chi connectivity index (χ1n) is 5.15. The number of nitrogens with one attached hydrogen (secondary N) is 2. The van der Waals surface area contributed by atoms with E-state index >= 15 is 0 Å². The minimum Gasteiger partial charge on any atom is -0.396 e. The van der Waals surface area contributed by atoms with Crippen LogP contribution in [0.4, 0.5) is 5.82 Å². The normalized spacial score (nSPS) is 10.6. The van der Waals surface area contributed by atoms with Gasteiger partial charge in [0.25, 0.3) is 5.56 Å². The first-order valence-corrected chi connectivity index (χ1v) is 5.15. The van der Waals surface area contributed by atoms with Gasteiger partial charge in [-0.3, -0.25) is 4.79 Å². The molecule has 0 radical (unpaired) electrons. The summed E-state index contributed by atoms with van der Waals surface area (Å²) in [6.45, 7) is 0.758. The Hall–Kier alpha value is -1.88. The van der Waals surface area contributed by atoms with Crippen molar-refractivity contribution in [1.82, 2.24) is 10.2 Å². The highest BCUT2D eigenvalue weighted by molar-refractivity contribution is 5.90. The van der Waals surface area contributed by atoms with E-state index in [2.05, 4.69) is 15.5 Å². The average Bonchev–Trinajstić information content (AvgIpc) is 2.33. The van der Waals surface area contributed by atoms with E-state index in [-0.39, 0.29) is 12.2 Å². The maximum absolute atomic E-state index is 11.5. The highest BCUT2D eigenvalue weighted by Gasteiger charge is 2.04. The first kappa shape index (κ1) is 10.6. The van der Waals surface area contributed by atoms with E-state index in [0.717, 1.165) is 5.39 Å². The van der Waals surface area contributed by atoms with Gasteiger partial charge < -0.3 is 10.4 Å². The Morgan fingerprint density at radius 3 is 2.81 bits per heavy atom. The van der Waals surface area contributed by atoms with Crippen LogP contribution in [-0.4, -0.2) is 28.5 Å². The predicted molar refractivity (Wildman–Crippen MR) is 62.6 cm³/mol. The van der Waals surface area contributed by atoms with E-state index < -0.39 is 0 Å². The van der Waals surface area contributed by atoms with Gasteiger partial charge in [-0.25, -0.2) is 5.10 Å². The summed E-state index contributed by atoms with van der Waals surface area (Å²) in [6.07, 6.45) is 0.648. The molecule has 0 bridgehead atoms. The summed E-state index contributed by atoms with van der Waals surface area (Å²) >= 11 is 0. The smallest absolute Gasteiger partial charge is 0.272 e. The van der Waals surface area contributed by atoms with Gasteiger partial charge in [-0.15, -0.1) is 0 Å². The van der Waals surface area contributed by atoms with Crippen molar-refractivity contribution in [3.05, 3.63) is 34.6 Å². The zero-order valence-electron chi connectivity index (χ0n) is 8.73. The number of aliphatic hydroxyl groups is 1. The molecule has 1 aromatic heterocycles. The van der Waals surface area contributed by atoms with E-state index in [0.29, 0.717) is 24.2 Å². The van der Waals surface area contributed by atoms with Crippen molar-refractivity contribution in [2.45, 2.75) is 6.42 Å². The number of anilines is 1. The molecular formula is C11H13N3O2. The number of hydrogen-bond donors (Lipinski definition) is 3. The van der Waals surface area contributed by atoms with E-state index in [4.69, 9.17) is 5.11 Å². The summed E-state index contributed by atoms with van der Waals surface area (Å²) < 4.78 is 0. The lowest BCUT2D eigenvalue weighted by molar-refractivity contribution is 0.292. The molecule has 1 aromatic carbocycles. The summed E-state index contributed by atoms with van der Waals surface area (Å²) in [5.41, 5.74) is -0.191. The summed E-state index contributed by atoms with van der Waals surface area (Å²) in [5, 5.41) is 19.6. The number of aromatic nitrogens is 2. The molecule has 0 spiro atoms. The van der Waals surface area contributed by atoms with Crippen LogP contribution in [0.5, 0.6) is 0 Å². The quantitative estimate of drug-likeness (QED) is 0.662. The van der Waals surface area contributed by atoms with Crippen molar-refractivity contribution in [1.29, 1.82) is 0 Å². The van der Waals surface area contributed by atoms with E-state index in [9.17, 15) is 4.79 Å². The second-order valence-electron chi connectivity index (χ2n) is 3.45. The number of rotatable bonds is 4. The fraction of sp³-hybridized carbons (Fsp3) is 0.273. The molecule has 0 aliphatic heterocycles. The Morgan fingerprint density at radius 2 is 2.06 bits per heavy atom. The van der Waals surface area contributed by atoms with E-state index in [1.54, 1.807) is 6.07 Å². The van der Waals surface area contributed by atoms with Gasteiger partial charge in [-0.1, -0.05) is 18.2 Å². The fourth-order valence-electron chi connectivity index (χ4n) is 1.54. The summed E-state index contributed by atoms with van der Waals surface area (Å²) in [6, 6.07) is 7.28. The molecule has 0 saturated carbocycles. The molecule has 3 N–H and O–H groups in total. The van der Waals surface area contributed by atoms with Crippen LogP contribution < -0.4 is 10.9 Å². The van der Waals surface area contributed by atoms with Gasteiger partial charge in [0.15, 0.2) is 5.82 Å². The topological polar surface area (TPSA) is 78.0 Å². The largest absolute Gasteiger partial charge is 0.396 e. The fourth-order valence-corrected chi connectivity index (χ4v) is 1.54. The van der Waals surface area contributed by atoms with Gasteiger partial charge in [0.2, 0.25) is 0 Å². The Labute approximate surface area is 92.1 Å². The van der Waals surface area contributed by atoms with Gasteiger partial charge in [-0.2, -0.15) is 5.10 Å². The van der Waals surface area contributed by atoms with Crippen LogP contribution in [0.2, 0.25) is 0 Å². The van der Waals surface area contributed by atoms with Crippen molar-refractivity contribution in [3.63, 3.8) is 0 Å². The number of benzene rings is 1. The van der Waals surface area contributed by atoms with Crippen LogP contribution in [0.1, 0.15) is 6.42 Å². The van der Waals surface area contributed by atoms with Crippen molar-refractivity contribution in [2.24, 2.45) is 0 Å². The Morgan fingerprint density at radius 1 is 1.31 bits per heavy atom. The minimum absolute atomic E-state index is 0.133. The van der Waals surface area contributed by atoms with Gasteiger partial charge >= 0.3 is 0 Å². The van der Waals surface area contributed by atoms with Crippen molar-refractivity contribution in [2.75, 3.05) is 18.5 Å². The Kier molecular flexibility index (Phi) is 3.16. The van der Waals surface area contributed by atoms with Gasteiger partial charge in [-0.05, 0) is 12.5 Å². The van der Waals surface area contributed by atoms with Crippen molar-refractivity contribution < 1.29 is 5.11 Å². The van der Waals surface area contributed by atoms with Crippen LogP contribution in [0.25, 0.3) is 10.8 Å². The zero-order chi connectivity index (χ0) is 11.4. The van der Waals surface area contributed by atoms with Crippen LogP contribution in [0.15, 0.2) is 29.1 Å². The van der Waals surface area contributed by atoms with Gasteiger partial charge in [0.1, 0.15) is 0 Å². The maximum atomic E-state index is 11.5. The van der Waals surface area contributed by atoms with Crippen LogP contribution in [0, 0.1) is 0 Å². The second kappa shape index (κ2) is 4.76. The molecule has 2 aromatic rings. The Bertz CT molecular complexity index is 536. The lowest BCUT2D eigenvalue weighted by Crippen LogP contribution is -2.13. The molecule has 5 nitrogen and oxygen atoms in total. The van der Waals surface area contributed by atoms with Crippen molar-refractivity contribution in [3.8, 4) is 0 Å². The molecule has 0 fully saturated rings. The average molecular weight is 219 g/mol. The highest BCUT2D eigenvalue weighted by atomic mass is 16.3. The van der Waals surface area contributed by atoms with E-state index in [1.165, 1.54) is 0 Å². The number of nitrogens with zero attached hydrogens (tertiary/aromatic N) is 1. The molecule has 0 aliphatic carbocycles. The van der Waals surface area contributed by atoms with Crippen LogP contribution in [-0.2, 0) is 0 Å². The number of aromatic amines is 1. The summed E-state index contributed by atoms with van der Waals surface area (Å²) in [7, 11) is 0. The molecular weight excluding hydrogens is 206 g/mol. The third-order valence-electron chi connectivity index (χ3n) is 2.32. The molecule has 5 heteroatoms. The lowest BCUT2D eigenvalue weighted by atomic mass is 10.2. The highest BCUT2D eigenvalue weighted by Crippen LogP contribution is 2.16. The third kappa shape index (κ3) is 2.04. The molecule has 0 aliphatic rings. The standard InChI is InChI=1S/C11H13N3O2/c15-7-3-6-12-10-8-4-1-2-5-9(8)11(16)14-13-10/h1-2,4-5,15H,3,6-7H2,(H,12,13)(H,14,16). The molecule has 0 amide bonds. The summed E-state index contributed by atoms with van der Waals surface area (Å²) in [5.74, 6) is 0.642. The minimum atomic E-state index is -0.191. The van der Waals surface area contributed by atoms with Gasteiger partial charge in [0.05, 0.1) is 5.39 Å². The SMILES string of the molecule is O=c1[nH]nc(NCCCO)c2ccccc12. The predicted octanol–water partition coefficient (Wildman–Crippen LogP) is 0.717. The van der Waals surface area contributed by atoms with Gasteiger partial charge in [0, 0.05) is 18.5 Å². The molecule has 2 rings (SSSR count). The Balaban J connectivity index is 2.38. The third-order valence-corrected chi connectivity index (χ3v) is 2.32. The summed E-state index contributed by atoms with van der Waals surface area (Å²) in [4.78, 5) is 11.5. The second-order valence-corrected chi connectivity index (χ2v) is 3.45. The molecule has 0 atom stereocenters. The van der Waals surface area contributed by atoms with Crippen LogP contribution in [0.3, 0.4) is 0 Å². The molecule has 1 heterocycles. The van der Waals surface area contributed by atoms with Crippen LogP contribution >= 0.6 is 0 Å².